The highest BCUT2D eigenvalue weighted by Gasteiger charge is 2.76. The number of ether oxygens (including phenoxy) is 2. The summed E-state index contributed by atoms with van der Waals surface area (Å²) in [6.07, 6.45) is 10.1. The number of rotatable bonds is 7. The second-order valence-corrected chi connectivity index (χ2v) is 8.83. The fourth-order valence-electron chi connectivity index (χ4n) is 5.43. The average Bonchev–Trinajstić information content (AvgIpc) is 3.12. The molecule has 2 saturated heterocycles. The fraction of sp³-hybridized carbons (Fsp3) is 0.941. The first-order valence-corrected chi connectivity index (χ1v) is 9.97. The predicted molar refractivity (Wildman–Crippen MR) is 88.1 cm³/mol. The Morgan fingerprint density at radius 3 is 2.76 bits per heavy atom. The van der Waals surface area contributed by atoms with Crippen molar-refractivity contribution in [3.05, 3.63) is 0 Å². The van der Waals surface area contributed by atoms with Crippen molar-refractivity contribution < 1.29 is 14.3 Å². The molecule has 2 bridgehead atoms. The predicted octanol–water partition coefficient (Wildman–Crippen LogP) is 4.07. The molecule has 118 valence electrons. The van der Waals surface area contributed by atoms with E-state index < -0.39 is 5.79 Å². The Morgan fingerprint density at radius 2 is 1.95 bits per heavy atom. The van der Waals surface area contributed by atoms with Gasteiger partial charge in [0.2, 0.25) is 5.79 Å². The summed E-state index contributed by atoms with van der Waals surface area (Å²) >= 11 is 2.52. The Balaban J connectivity index is 1.40. The molecule has 4 rings (SSSR count). The van der Waals surface area contributed by atoms with Gasteiger partial charge in [0.25, 0.3) is 0 Å². The number of fused-ring (bicyclic) bond motifs is 2. The third kappa shape index (κ3) is 2.03. The molecule has 0 aromatic rings. The van der Waals surface area contributed by atoms with E-state index in [0.29, 0.717) is 27.8 Å². The molecule has 2 saturated carbocycles. The molecule has 0 N–H and O–H groups in total. The zero-order valence-corrected chi connectivity index (χ0v) is 14.9. The van der Waals surface area contributed by atoms with Gasteiger partial charge < -0.3 is 9.47 Å². The number of alkyl halides is 1. The van der Waals surface area contributed by atoms with Crippen molar-refractivity contribution in [1.82, 2.24) is 0 Å². The van der Waals surface area contributed by atoms with Gasteiger partial charge in [-0.2, -0.15) is 0 Å². The second kappa shape index (κ2) is 5.36. The first-order chi connectivity index (χ1) is 10.2. The summed E-state index contributed by atoms with van der Waals surface area (Å²) in [4.78, 5) is 12.3. The van der Waals surface area contributed by atoms with Gasteiger partial charge in [0, 0.05) is 16.3 Å². The van der Waals surface area contributed by atoms with E-state index in [0.717, 1.165) is 12.8 Å². The SMILES string of the molecule is CCCCCCCC[C@@]12OC(=O)[C@@H]3[C@@H]4C[C@@H]([C@H](O1)[C@H]4I)[C@H]32. The number of carbonyl (C=O) groups excluding carboxylic acids is 1. The minimum atomic E-state index is -0.531. The molecule has 3 nitrogen and oxygen atoms in total. The summed E-state index contributed by atoms with van der Waals surface area (Å²) < 4.78 is 12.7. The number of halogens is 1. The number of carbonyl (C=O) groups is 1. The molecular formula is C17H25IO3. The lowest BCUT2D eigenvalue weighted by atomic mass is 9.77. The van der Waals surface area contributed by atoms with Crippen LogP contribution >= 0.6 is 22.6 Å². The van der Waals surface area contributed by atoms with Gasteiger partial charge in [0.1, 0.15) is 0 Å². The third-order valence-corrected chi connectivity index (χ3v) is 7.90. The Labute approximate surface area is 140 Å². The van der Waals surface area contributed by atoms with Crippen LogP contribution in [0.15, 0.2) is 0 Å². The van der Waals surface area contributed by atoms with Crippen LogP contribution < -0.4 is 0 Å². The zero-order chi connectivity index (χ0) is 14.6. The Kier molecular flexibility index (Phi) is 3.76. The van der Waals surface area contributed by atoms with E-state index in [2.05, 4.69) is 29.5 Å². The lowest BCUT2D eigenvalue weighted by molar-refractivity contribution is -0.218. The first kappa shape index (κ1) is 14.7. The van der Waals surface area contributed by atoms with Crippen LogP contribution in [-0.4, -0.2) is 21.8 Å². The van der Waals surface area contributed by atoms with Crippen LogP contribution in [0, 0.1) is 23.7 Å². The van der Waals surface area contributed by atoms with Crippen LogP contribution in [0.3, 0.4) is 0 Å². The van der Waals surface area contributed by atoms with E-state index in [1.165, 1.54) is 38.5 Å². The van der Waals surface area contributed by atoms with Gasteiger partial charge in [-0.25, -0.2) is 0 Å². The van der Waals surface area contributed by atoms with E-state index in [4.69, 9.17) is 9.47 Å². The lowest BCUT2D eigenvalue weighted by Gasteiger charge is -2.28. The van der Waals surface area contributed by atoms with Crippen molar-refractivity contribution in [2.75, 3.05) is 0 Å². The summed E-state index contributed by atoms with van der Waals surface area (Å²) in [6, 6.07) is 0. The molecule has 4 aliphatic rings. The van der Waals surface area contributed by atoms with Gasteiger partial charge in [-0.3, -0.25) is 4.79 Å². The largest absolute Gasteiger partial charge is 0.432 e. The minimum Gasteiger partial charge on any atom is -0.432 e. The van der Waals surface area contributed by atoms with E-state index in [-0.39, 0.29) is 11.9 Å². The van der Waals surface area contributed by atoms with E-state index >= 15 is 0 Å². The summed E-state index contributed by atoms with van der Waals surface area (Å²) in [6.45, 7) is 2.25. The maximum absolute atomic E-state index is 12.3. The number of esters is 1. The highest BCUT2D eigenvalue weighted by atomic mass is 127. The van der Waals surface area contributed by atoms with Crippen LogP contribution in [0.5, 0.6) is 0 Å². The molecule has 4 fully saturated rings. The van der Waals surface area contributed by atoms with Crippen molar-refractivity contribution in [2.24, 2.45) is 23.7 Å². The molecule has 2 aliphatic heterocycles. The van der Waals surface area contributed by atoms with Gasteiger partial charge in [-0.05, 0) is 24.7 Å². The van der Waals surface area contributed by atoms with Gasteiger partial charge in [-0.1, -0.05) is 61.6 Å². The van der Waals surface area contributed by atoms with Crippen molar-refractivity contribution in [3.63, 3.8) is 0 Å². The van der Waals surface area contributed by atoms with Crippen LogP contribution in [0.4, 0.5) is 0 Å². The van der Waals surface area contributed by atoms with Crippen molar-refractivity contribution in [3.8, 4) is 0 Å². The Hall–Kier alpha value is 0.160. The lowest BCUT2D eigenvalue weighted by Crippen LogP contribution is -2.36. The molecule has 2 aliphatic carbocycles. The normalized spacial score (nSPS) is 49.1. The quantitative estimate of drug-likeness (QED) is 0.278. The molecule has 0 aromatic heterocycles. The van der Waals surface area contributed by atoms with E-state index in [9.17, 15) is 4.79 Å². The molecule has 21 heavy (non-hydrogen) atoms. The molecule has 4 heteroatoms. The Bertz CT molecular complexity index is 440. The number of hydrogen-bond acceptors (Lipinski definition) is 3. The molecule has 0 unspecified atom stereocenters. The highest BCUT2D eigenvalue weighted by molar-refractivity contribution is 14.1. The Morgan fingerprint density at radius 1 is 1.19 bits per heavy atom. The first-order valence-electron chi connectivity index (χ1n) is 8.72. The van der Waals surface area contributed by atoms with E-state index in [1.807, 2.05) is 0 Å². The molecule has 2 heterocycles. The van der Waals surface area contributed by atoms with Gasteiger partial charge in [0.05, 0.1) is 12.0 Å². The summed E-state index contributed by atoms with van der Waals surface area (Å²) in [5, 5.41) is 0. The maximum Gasteiger partial charge on any atom is 0.312 e. The molecule has 7 atom stereocenters. The molecule has 0 aromatic carbocycles. The van der Waals surface area contributed by atoms with Crippen molar-refractivity contribution in [2.45, 2.75) is 74.1 Å². The summed E-state index contributed by atoms with van der Waals surface area (Å²) in [5.74, 6) is 1.15. The fourth-order valence-corrected chi connectivity index (χ4v) is 6.85. The monoisotopic (exact) mass is 404 g/mol. The maximum atomic E-state index is 12.3. The summed E-state index contributed by atoms with van der Waals surface area (Å²) in [5.41, 5.74) is 0. The molecular weight excluding hydrogens is 379 g/mol. The van der Waals surface area contributed by atoms with Crippen LogP contribution in [0.2, 0.25) is 0 Å². The molecule has 0 amide bonds. The summed E-state index contributed by atoms with van der Waals surface area (Å²) in [7, 11) is 0. The van der Waals surface area contributed by atoms with E-state index in [1.54, 1.807) is 0 Å². The second-order valence-electron chi connectivity index (χ2n) is 7.39. The minimum absolute atomic E-state index is 0.0401. The van der Waals surface area contributed by atoms with Gasteiger partial charge in [0.15, 0.2) is 0 Å². The number of hydrogen-bond donors (Lipinski definition) is 0. The van der Waals surface area contributed by atoms with Crippen LogP contribution in [-0.2, 0) is 14.3 Å². The topological polar surface area (TPSA) is 35.5 Å². The highest BCUT2D eigenvalue weighted by Crippen LogP contribution is 2.69. The van der Waals surface area contributed by atoms with Gasteiger partial charge >= 0.3 is 5.97 Å². The third-order valence-electron chi connectivity index (χ3n) is 6.27. The average molecular weight is 404 g/mol. The molecule has 0 radical (unpaired) electrons. The number of unbranched alkanes of at least 4 members (excludes halogenated alkanes) is 5. The standard InChI is InChI=1S/C17H25IO3/c1-2-3-4-5-6-7-8-17-13-11-9-10(12(13)16(19)21-17)14(18)15(11)20-17/h10-15H,2-9H2,1H3/t10-,11+,12+,13+,14-,15-,17-/m0/s1. The van der Waals surface area contributed by atoms with Crippen molar-refractivity contribution >= 4 is 28.6 Å². The van der Waals surface area contributed by atoms with Crippen molar-refractivity contribution in [1.29, 1.82) is 0 Å². The van der Waals surface area contributed by atoms with Gasteiger partial charge in [-0.15, -0.1) is 0 Å². The smallest absolute Gasteiger partial charge is 0.312 e. The van der Waals surface area contributed by atoms with Crippen LogP contribution in [0.25, 0.3) is 0 Å². The zero-order valence-electron chi connectivity index (χ0n) is 12.7. The molecule has 0 spiro atoms. The van der Waals surface area contributed by atoms with Crippen LogP contribution in [0.1, 0.15) is 58.3 Å².